The summed E-state index contributed by atoms with van der Waals surface area (Å²) in [5.41, 5.74) is 2.29. The number of nitrogens with one attached hydrogen (secondary N) is 1. The number of aromatic hydroxyl groups is 1. The lowest BCUT2D eigenvalue weighted by molar-refractivity contribution is 0.372. The first-order valence-corrected chi connectivity index (χ1v) is 8.87. The number of piperazine rings is 1. The summed E-state index contributed by atoms with van der Waals surface area (Å²) in [6.45, 7) is 7.36. The monoisotopic (exact) mass is 338 g/mol. The molecule has 5 heteroatoms. The normalized spacial score (nSPS) is 15.3. The van der Waals surface area contributed by atoms with Crippen molar-refractivity contribution in [2.45, 2.75) is 13.5 Å². The number of rotatable bonds is 4. The van der Waals surface area contributed by atoms with Crippen molar-refractivity contribution in [2.24, 2.45) is 4.99 Å². The van der Waals surface area contributed by atoms with Crippen molar-refractivity contribution >= 4 is 11.6 Å². The third-order valence-corrected chi connectivity index (χ3v) is 4.36. The molecule has 0 aromatic heterocycles. The zero-order valence-corrected chi connectivity index (χ0v) is 14.7. The van der Waals surface area contributed by atoms with E-state index in [1.807, 2.05) is 12.1 Å². The minimum Gasteiger partial charge on any atom is -0.508 e. The molecule has 2 aromatic rings. The average Bonchev–Trinajstić information content (AvgIpc) is 2.66. The Kier molecular flexibility index (Phi) is 5.77. The first-order valence-electron chi connectivity index (χ1n) is 8.87. The van der Waals surface area contributed by atoms with Crippen LogP contribution in [0, 0.1) is 0 Å². The molecule has 3 rings (SSSR count). The van der Waals surface area contributed by atoms with Crippen LogP contribution in [-0.2, 0) is 6.54 Å². The lowest BCUT2D eigenvalue weighted by Gasteiger charge is -2.37. The molecule has 1 fully saturated rings. The van der Waals surface area contributed by atoms with Crippen LogP contribution in [0.25, 0.3) is 0 Å². The largest absolute Gasteiger partial charge is 0.508 e. The molecule has 2 aromatic carbocycles. The van der Waals surface area contributed by atoms with Crippen LogP contribution in [0.15, 0.2) is 59.6 Å². The molecule has 0 saturated carbocycles. The van der Waals surface area contributed by atoms with Crippen LogP contribution in [0.2, 0.25) is 0 Å². The maximum absolute atomic E-state index is 9.59. The lowest BCUT2D eigenvalue weighted by Crippen LogP contribution is -2.52. The van der Waals surface area contributed by atoms with Crippen molar-refractivity contribution in [3.63, 3.8) is 0 Å². The highest BCUT2D eigenvalue weighted by molar-refractivity contribution is 5.80. The molecule has 1 heterocycles. The molecule has 1 aliphatic heterocycles. The van der Waals surface area contributed by atoms with E-state index in [1.54, 1.807) is 12.1 Å². The van der Waals surface area contributed by atoms with Crippen LogP contribution in [0.5, 0.6) is 5.75 Å². The van der Waals surface area contributed by atoms with Gasteiger partial charge in [-0.2, -0.15) is 0 Å². The fraction of sp³-hybridized carbons (Fsp3) is 0.350. The fourth-order valence-corrected chi connectivity index (χ4v) is 3.06. The Balaban J connectivity index is 1.62. The highest BCUT2D eigenvalue weighted by Gasteiger charge is 2.19. The fourth-order valence-electron chi connectivity index (χ4n) is 3.06. The summed E-state index contributed by atoms with van der Waals surface area (Å²) < 4.78 is 0. The second kappa shape index (κ2) is 8.42. The Hall–Kier alpha value is -2.69. The van der Waals surface area contributed by atoms with Gasteiger partial charge in [-0.1, -0.05) is 30.3 Å². The molecule has 0 aliphatic carbocycles. The highest BCUT2D eigenvalue weighted by Crippen LogP contribution is 2.16. The molecule has 5 nitrogen and oxygen atoms in total. The van der Waals surface area contributed by atoms with Gasteiger partial charge in [-0.05, 0) is 36.8 Å². The minimum absolute atomic E-state index is 0.286. The highest BCUT2D eigenvalue weighted by atomic mass is 16.3. The number of nitrogens with zero attached hydrogens (tertiary/aromatic N) is 3. The standard InChI is InChI=1S/C20H26N4O/c1-2-21-20(22-16-17-7-6-10-19(25)15-17)24-13-11-23(12-14-24)18-8-4-3-5-9-18/h3-10,15,25H,2,11-14,16H2,1H3,(H,21,22). The van der Waals surface area contributed by atoms with Crippen LogP contribution < -0.4 is 10.2 Å². The van der Waals surface area contributed by atoms with Crippen molar-refractivity contribution in [1.82, 2.24) is 10.2 Å². The summed E-state index contributed by atoms with van der Waals surface area (Å²) in [4.78, 5) is 9.47. The van der Waals surface area contributed by atoms with Crippen molar-refractivity contribution in [1.29, 1.82) is 0 Å². The molecule has 0 radical (unpaired) electrons. The van der Waals surface area contributed by atoms with Gasteiger partial charge in [-0.25, -0.2) is 4.99 Å². The van der Waals surface area contributed by atoms with E-state index in [9.17, 15) is 5.11 Å². The minimum atomic E-state index is 0.286. The number of phenolic OH excluding ortho intramolecular Hbond substituents is 1. The number of guanidine groups is 1. The van der Waals surface area contributed by atoms with Gasteiger partial charge in [0.15, 0.2) is 5.96 Å². The topological polar surface area (TPSA) is 51.1 Å². The molecule has 1 aliphatic rings. The van der Waals surface area contributed by atoms with E-state index in [0.717, 1.165) is 44.2 Å². The molecule has 1 saturated heterocycles. The van der Waals surface area contributed by atoms with E-state index in [1.165, 1.54) is 5.69 Å². The maximum atomic E-state index is 9.59. The summed E-state index contributed by atoms with van der Waals surface area (Å²) in [6, 6.07) is 17.8. The van der Waals surface area contributed by atoms with Gasteiger partial charge in [-0.15, -0.1) is 0 Å². The quantitative estimate of drug-likeness (QED) is 0.665. The number of anilines is 1. The van der Waals surface area contributed by atoms with E-state index in [2.05, 4.69) is 52.4 Å². The first-order chi connectivity index (χ1) is 12.3. The molecule has 0 amide bonds. The zero-order chi connectivity index (χ0) is 17.5. The zero-order valence-electron chi connectivity index (χ0n) is 14.7. The second-order valence-electron chi connectivity index (χ2n) is 6.15. The number of phenols is 1. The Morgan fingerprint density at radius 3 is 2.48 bits per heavy atom. The van der Waals surface area contributed by atoms with Crippen LogP contribution in [-0.4, -0.2) is 48.7 Å². The summed E-state index contributed by atoms with van der Waals surface area (Å²) in [7, 11) is 0. The van der Waals surface area contributed by atoms with Crippen molar-refractivity contribution in [3.8, 4) is 5.75 Å². The first kappa shape index (κ1) is 17.1. The van der Waals surface area contributed by atoms with Crippen LogP contribution in [0.1, 0.15) is 12.5 Å². The third-order valence-electron chi connectivity index (χ3n) is 4.36. The summed E-state index contributed by atoms with van der Waals surface area (Å²) >= 11 is 0. The molecule has 0 unspecified atom stereocenters. The summed E-state index contributed by atoms with van der Waals surface area (Å²) in [6.07, 6.45) is 0. The van der Waals surface area contributed by atoms with Crippen LogP contribution in [0.4, 0.5) is 5.69 Å². The van der Waals surface area contributed by atoms with E-state index >= 15 is 0 Å². The Labute approximate surface area is 149 Å². The van der Waals surface area contributed by atoms with E-state index in [4.69, 9.17) is 4.99 Å². The van der Waals surface area contributed by atoms with Gasteiger partial charge in [0.2, 0.25) is 0 Å². The van der Waals surface area contributed by atoms with Crippen LogP contribution in [0.3, 0.4) is 0 Å². The molecular weight excluding hydrogens is 312 g/mol. The molecular formula is C20H26N4O. The number of aliphatic imine (C=N–C) groups is 1. The Bertz CT molecular complexity index is 694. The van der Waals surface area contributed by atoms with Crippen molar-refractivity contribution in [2.75, 3.05) is 37.6 Å². The average molecular weight is 338 g/mol. The Morgan fingerprint density at radius 2 is 1.80 bits per heavy atom. The number of para-hydroxylation sites is 1. The summed E-state index contributed by atoms with van der Waals surface area (Å²) in [5.74, 6) is 1.23. The van der Waals surface area contributed by atoms with Crippen LogP contribution >= 0.6 is 0 Å². The Morgan fingerprint density at radius 1 is 1.04 bits per heavy atom. The number of hydrogen-bond acceptors (Lipinski definition) is 3. The third kappa shape index (κ3) is 4.66. The van der Waals surface area contributed by atoms with Crippen molar-refractivity contribution in [3.05, 3.63) is 60.2 Å². The van der Waals surface area contributed by atoms with E-state index < -0.39 is 0 Å². The van der Waals surface area contributed by atoms with Gasteiger partial charge in [0.1, 0.15) is 5.75 Å². The van der Waals surface area contributed by atoms with Gasteiger partial charge in [-0.3, -0.25) is 0 Å². The van der Waals surface area contributed by atoms with Gasteiger partial charge in [0.05, 0.1) is 6.54 Å². The predicted molar refractivity (Wildman–Crippen MR) is 103 cm³/mol. The van der Waals surface area contributed by atoms with Gasteiger partial charge in [0.25, 0.3) is 0 Å². The van der Waals surface area contributed by atoms with Gasteiger partial charge in [0, 0.05) is 38.4 Å². The predicted octanol–water partition coefficient (Wildman–Crippen LogP) is 2.68. The summed E-state index contributed by atoms with van der Waals surface area (Å²) in [5, 5.41) is 13.0. The number of benzene rings is 2. The molecule has 0 bridgehead atoms. The maximum Gasteiger partial charge on any atom is 0.194 e. The molecule has 2 N–H and O–H groups in total. The molecule has 0 atom stereocenters. The lowest BCUT2D eigenvalue weighted by atomic mass is 10.2. The van der Waals surface area contributed by atoms with Crippen molar-refractivity contribution < 1.29 is 5.11 Å². The number of hydrogen-bond donors (Lipinski definition) is 2. The smallest absolute Gasteiger partial charge is 0.194 e. The SMILES string of the molecule is CCNC(=NCc1cccc(O)c1)N1CCN(c2ccccc2)CC1. The van der Waals surface area contributed by atoms with E-state index in [0.29, 0.717) is 6.54 Å². The second-order valence-corrected chi connectivity index (χ2v) is 6.15. The van der Waals surface area contributed by atoms with Gasteiger partial charge >= 0.3 is 0 Å². The van der Waals surface area contributed by atoms with Gasteiger partial charge < -0.3 is 20.2 Å². The molecule has 25 heavy (non-hydrogen) atoms. The molecule has 0 spiro atoms. The van der Waals surface area contributed by atoms with E-state index in [-0.39, 0.29) is 5.75 Å². The molecule has 132 valence electrons.